The molecule has 98 valence electrons. The first-order chi connectivity index (χ1) is 8.21. The third-order valence-corrected chi connectivity index (χ3v) is 1.88. The maximum absolute atomic E-state index is 12.2. The molecule has 1 aromatic heterocycles. The summed E-state index contributed by atoms with van der Waals surface area (Å²) in [5, 5.41) is 1.98. The SMILES string of the molecule is NC(=O)CNC(=O)c1ccc(C(F)(F)F)[nH]c1=O. The van der Waals surface area contributed by atoms with E-state index >= 15 is 0 Å². The van der Waals surface area contributed by atoms with Gasteiger partial charge in [0, 0.05) is 0 Å². The number of H-pyrrole nitrogens is 1. The predicted molar refractivity (Wildman–Crippen MR) is 53.6 cm³/mol. The molecule has 4 N–H and O–H groups in total. The molecule has 0 spiro atoms. The molecule has 1 heterocycles. The van der Waals surface area contributed by atoms with Crippen LogP contribution in [0, 0.1) is 0 Å². The molecule has 0 radical (unpaired) electrons. The number of rotatable bonds is 3. The number of aromatic amines is 1. The van der Waals surface area contributed by atoms with Gasteiger partial charge in [0.1, 0.15) is 11.3 Å². The summed E-state index contributed by atoms with van der Waals surface area (Å²) >= 11 is 0. The van der Waals surface area contributed by atoms with Crippen LogP contribution in [0.1, 0.15) is 16.1 Å². The van der Waals surface area contributed by atoms with Crippen molar-refractivity contribution in [2.45, 2.75) is 6.18 Å². The largest absolute Gasteiger partial charge is 0.431 e. The molecule has 0 bridgehead atoms. The summed E-state index contributed by atoms with van der Waals surface area (Å²) in [6, 6.07) is 1.28. The minimum atomic E-state index is -4.71. The average Bonchev–Trinajstić information content (AvgIpc) is 2.24. The normalized spacial score (nSPS) is 11.1. The van der Waals surface area contributed by atoms with Crippen LogP contribution in [-0.4, -0.2) is 23.3 Å². The van der Waals surface area contributed by atoms with Crippen LogP contribution in [0.15, 0.2) is 16.9 Å². The second-order valence-electron chi connectivity index (χ2n) is 3.26. The molecular weight excluding hydrogens is 255 g/mol. The maximum Gasteiger partial charge on any atom is 0.431 e. The lowest BCUT2D eigenvalue weighted by atomic mass is 10.2. The van der Waals surface area contributed by atoms with Gasteiger partial charge in [-0.05, 0) is 12.1 Å². The number of primary amides is 1. The number of pyridine rings is 1. The number of amides is 2. The first-order valence-corrected chi connectivity index (χ1v) is 4.59. The Labute approximate surface area is 98.0 Å². The highest BCUT2D eigenvalue weighted by Crippen LogP contribution is 2.26. The van der Waals surface area contributed by atoms with Gasteiger partial charge in [0.2, 0.25) is 5.91 Å². The molecular formula is C9H8F3N3O3. The minimum absolute atomic E-state index is 0.515. The van der Waals surface area contributed by atoms with Gasteiger partial charge < -0.3 is 16.0 Å². The zero-order valence-corrected chi connectivity index (χ0v) is 8.80. The Morgan fingerprint density at radius 2 is 1.94 bits per heavy atom. The van der Waals surface area contributed by atoms with E-state index in [0.717, 1.165) is 6.07 Å². The highest BCUT2D eigenvalue weighted by molar-refractivity contribution is 5.95. The van der Waals surface area contributed by atoms with Crippen LogP contribution in [0.3, 0.4) is 0 Å². The Hall–Kier alpha value is -2.32. The molecule has 0 atom stereocenters. The highest BCUT2D eigenvalue weighted by atomic mass is 19.4. The summed E-state index contributed by atoms with van der Waals surface area (Å²) in [6.45, 7) is -0.515. The van der Waals surface area contributed by atoms with Gasteiger partial charge in [-0.2, -0.15) is 13.2 Å². The smallest absolute Gasteiger partial charge is 0.368 e. The number of carbonyl (C=O) groups is 2. The van der Waals surface area contributed by atoms with Crippen LogP contribution < -0.4 is 16.6 Å². The van der Waals surface area contributed by atoms with Crippen molar-refractivity contribution >= 4 is 11.8 Å². The van der Waals surface area contributed by atoms with Gasteiger partial charge >= 0.3 is 6.18 Å². The lowest BCUT2D eigenvalue weighted by molar-refractivity contribution is -0.141. The Kier molecular flexibility index (Phi) is 3.74. The van der Waals surface area contributed by atoms with E-state index in [9.17, 15) is 27.6 Å². The van der Waals surface area contributed by atoms with Crippen LogP contribution in [0.25, 0.3) is 0 Å². The monoisotopic (exact) mass is 263 g/mol. The molecule has 0 saturated carbocycles. The van der Waals surface area contributed by atoms with Crippen molar-refractivity contribution in [3.8, 4) is 0 Å². The Morgan fingerprint density at radius 1 is 1.33 bits per heavy atom. The number of halogens is 3. The Balaban J connectivity index is 2.96. The summed E-state index contributed by atoms with van der Waals surface area (Å²) in [6.07, 6.45) is -4.71. The summed E-state index contributed by atoms with van der Waals surface area (Å²) < 4.78 is 36.7. The summed E-state index contributed by atoms with van der Waals surface area (Å²) in [5.74, 6) is -1.82. The molecule has 6 nitrogen and oxygen atoms in total. The fraction of sp³-hybridized carbons (Fsp3) is 0.222. The van der Waals surface area contributed by atoms with E-state index in [-0.39, 0.29) is 0 Å². The lowest BCUT2D eigenvalue weighted by Gasteiger charge is -2.07. The van der Waals surface area contributed by atoms with Crippen molar-refractivity contribution < 1.29 is 22.8 Å². The standard InChI is InChI=1S/C9H8F3N3O3/c10-9(11,12)5-2-1-4(8(18)15-5)7(17)14-3-6(13)16/h1-2H,3H2,(H2,13,16)(H,14,17)(H,15,18). The number of nitrogens with one attached hydrogen (secondary N) is 2. The fourth-order valence-corrected chi connectivity index (χ4v) is 1.08. The van der Waals surface area contributed by atoms with Crippen molar-refractivity contribution in [1.29, 1.82) is 0 Å². The van der Waals surface area contributed by atoms with Crippen LogP contribution in [0.4, 0.5) is 13.2 Å². The highest BCUT2D eigenvalue weighted by Gasteiger charge is 2.32. The first kappa shape index (κ1) is 13.7. The third kappa shape index (κ3) is 3.34. The van der Waals surface area contributed by atoms with E-state index < -0.39 is 41.4 Å². The molecule has 0 saturated heterocycles. The van der Waals surface area contributed by atoms with Crippen LogP contribution in [-0.2, 0) is 11.0 Å². The van der Waals surface area contributed by atoms with Crippen molar-refractivity contribution in [3.05, 3.63) is 33.7 Å². The zero-order chi connectivity index (χ0) is 13.9. The number of aromatic nitrogens is 1. The predicted octanol–water partition coefficient (Wildman–Crippen LogP) is -0.391. The van der Waals surface area contributed by atoms with Crippen LogP contribution >= 0.6 is 0 Å². The number of hydrogen-bond acceptors (Lipinski definition) is 3. The average molecular weight is 263 g/mol. The molecule has 18 heavy (non-hydrogen) atoms. The molecule has 0 aromatic carbocycles. The van der Waals surface area contributed by atoms with E-state index in [2.05, 4.69) is 0 Å². The van der Waals surface area contributed by atoms with E-state index in [1.165, 1.54) is 4.98 Å². The number of nitrogens with two attached hydrogens (primary N) is 1. The third-order valence-electron chi connectivity index (χ3n) is 1.88. The zero-order valence-electron chi connectivity index (χ0n) is 8.80. The summed E-state index contributed by atoms with van der Waals surface area (Å²) in [5.41, 5.74) is 1.75. The van der Waals surface area contributed by atoms with Crippen LogP contribution in [0.5, 0.6) is 0 Å². The Morgan fingerprint density at radius 3 is 2.39 bits per heavy atom. The van der Waals surface area contributed by atoms with Gasteiger partial charge in [-0.15, -0.1) is 0 Å². The first-order valence-electron chi connectivity index (χ1n) is 4.59. The molecule has 9 heteroatoms. The van der Waals surface area contributed by atoms with E-state index in [0.29, 0.717) is 6.07 Å². The van der Waals surface area contributed by atoms with Gasteiger partial charge in [-0.1, -0.05) is 0 Å². The molecule has 0 aliphatic heterocycles. The van der Waals surface area contributed by atoms with Crippen LogP contribution in [0.2, 0.25) is 0 Å². The fourth-order valence-electron chi connectivity index (χ4n) is 1.08. The van der Waals surface area contributed by atoms with E-state index in [4.69, 9.17) is 5.73 Å². The molecule has 0 fully saturated rings. The number of alkyl halides is 3. The minimum Gasteiger partial charge on any atom is -0.368 e. The second-order valence-corrected chi connectivity index (χ2v) is 3.26. The molecule has 2 amide bonds. The van der Waals surface area contributed by atoms with Gasteiger partial charge in [-0.25, -0.2) is 0 Å². The van der Waals surface area contributed by atoms with Gasteiger partial charge in [0.25, 0.3) is 11.5 Å². The molecule has 0 aliphatic carbocycles. The van der Waals surface area contributed by atoms with E-state index in [1.807, 2.05) is 5.32 Å². The molecule has 0 unspecified atom stereocenters. The van der Waals surface area contributed by atoms with Gasteiger partial charge in [0.15, 0.2) is 0 Å². The molecule has 1 aromatic rings. The van der Waals surface area contributed by atoms with Crippen molar-refractivity contribution in [2.75, 3.05) is 6.54 Å². The van der Waals surface area contributed by atoms with Crippen molar-refractivity contribution in [2.24, 2.45) is 5.73 Å². The van der Waals surface area contributed by atoms with Crippen molar-refractivity contribution in [3.63, 3.8) is 0 Å². The quantitative estimate of drug-likeness (QED) is 0.691. The molecule has 0 aliphatic rings. The molecule has 1 rings (SSSR count). The summed E-state index contributed by atoms with van der Waals surface area (Å²) in [7, 11) is 0. The summed E-state index contributed by atoms with van der Waals surface area (Å²) in [4.78, 5) is 34.5. The van der Waals surface area contributed by atoms with Gasteiger partial charge in [0.05, 0.1) is 6.54 Å². The van der Waals surface area contributed by atoms with Crippen molar-refractivity contribution in [1.82, 2.24) is 10.3 Å². The maximum atomic E-state index is 12.2. The lowest BCUT2D eigenvalue weighted by Crippen LogP contribution is -2.36. The topological polar surface area (TPSA) is 105 Å². The second kappa shape index (κ2) is 4.90. The Bertz CT molecular complexity index is 536. The van der Waals surface area contributed by atoms with E-state index in [1.54, 1.807) is 0 Å². The number of hydrogen-bond donors (Lipinski definition) is 3. The number of carbonyl (C=O) groups excluding carboxylic acids is 2. The van der Waals surface area contributed by atoms with Gasteiger partial charge in [-0.3, -0.25) is 14.4 Å².